The average Bonchev–Trinajstić information content (AvgIpc) is 2.94. The van der Waals surface area contributed by atoms with Crippen LogP contribution in [0.5, 0.6) is 0 Å². The van der Waals surface area contributed by atoms with Crippen LogP contribution in [0.1, 0.15) is 18.2 Å². The van der Waals surface area contributed by atoms with E-state index in [9.17, 15) is 19.2 Å². The molecular weight excluding hydrogens is 382 g/mol. The first-order chi connectivity index (χ1) is 13.2. The lowest BCUT2D eigenvalue weighted by Crippen LogP contribution is -2.42. The molecule has 2 rings (SSSR count). The van der Waals surface area contributed by atoms with Gasteiger partial charge in [-0.15, -0.1) is 0 Å². The van der Waals surface area contributed by atoms with Crippen molar-refractivity contribution in [2.45, 2.75) is 33.4 Å². The molecule has 0 spiro atoms. The monoisotopic (exact) mass is 405 g/mol. The number of carbonyl (C=O) groups excluding carboxylic acids is 3. The van der Waals surface area contributed by atoms with Gasteiger partial charge in [-0.1, -0.05) is 29.0 Å². The molecule has 2 amide bonds. The van der Waals surface area contributed by atoms with E-state index in [1.165, 1.54) is 23.4 Å². The average molecular weight is 405 g/mol. The summed E-state index contributed by atoms with van der Waals surface area (Å²) in [7, 11) is 1.45. The van der Waals surface area contributed by atoms with Crippen LogP contribution in [-0.2, 0) is 25.7 Å². The molecule has 0 aliphatic carbocycles. The van der Waals surface area contributed by atoms with Crippen molar-refractivity contribution in [3.8, 4) is 0 Å². The first-order valence-electron chi connectivity index (χ1n) is 8.63. The van der Waals surface area contributed by atoms with Crippen molar-refractivity contribution < 1.29 is 19.1 Å². The van der Waals surface area contributed by atoms with Crippen molar-refractivity contribution in [3.63, 3.8) is 0 Å². The summed E-state index contributed by atoms with van der Waals surface area (Å²) in [5, 5.41) is 4.34. The summed E-state index contributed by atoms with van der Waals surface area (Å²) >= 11 is 0.991. The lowest BCUT2D eigenvalue weighted by Gasteiger charge is -2.21. The number of benzene rings is 1. The van der Waals surface area contributed by atoms with Gasteiger partial charge in [-0.2, -0.15) is 0 Å². The minimum atomic E-state index is -1.07. The number of hydrogen-bond acceptors (Lipinski definition) is 6. The molecule has 0 unspecified atom stereocenters. The van der Waals surface area contributed by atoms with Crippen LogP contribution >= 0.6 is 11.3 Å². The topological polar surface area (TPSA) is 97.7 Å². The number of anilines is 1. The third-order valence-electron chi connectivity index (χ3n) is 4.01. The number of amides is 2. The minimum Gasteiger partial charge on any atom is -0.451 e. The Morgan fingerprint density at radius 2 is 1.86 bits per heavy atom. The summed E-state index contributed by atoms with van der Waals surface area (Å²) in [6, 6.07) is 7.28. The maximum Gasteiger partial charge on any atom is 0.326 e. The molecule has 150 valence electrons. The Morgan fingerprint density at radius 3 is 2.43 bits per heavy atom. The van der Waals surface area contributed by atoms with E-state index in [0.717, 1.165) is 16.9 Å². The molecule has 1 atom stereocenters. The highest BCUT2D eigenvalue weighted by Crippen LogP contribution is 2.09. The number of hydrogen-bond donors (Lipinski definition) is 1. The first-order valence-corrected chi connectivity index (χ1v) is 9.51. The molecule has 8 nitrogen and oxygen atoms in total. The maximum atomic E-state index is 12.3. The zero-order valence-corrected chi connectivity index (χ0v) is 17.0. The van der Waals surface area contributed by atoms with E-state index in [-0.39, 0.29) is 23.9 Å². The van der Waals surface area contributed by atoms with E-state index < -0.39 is 18.0 Å². The van der Waals surface area contributed by atoms with E-state index in [2.05, 4.69) is 5.32 Å². The van der Waals surface area contributed by atoms with Crippen molar-refractivity contribution >= 4 is 34.8 Å². The van der Waals surface area contributed by atoms with Gasteiger partial charge in [0.1, 0.15) is 6.54 Å². The number of aryl methyl sites for hydroxylation is 2. The maximum absolute atomic E-state index is 12.3. The van der Waals surface area contributed by atoms with Gasteiger partial charge in [-0.3, -0.25) is 23.7 Å². The van der Waals surface area contributed by atoms with Crippen LogP contribution in [0.4, 0.5) is 5.69 Å². The molecule has 0 fully saturated rings. The Balaban J connectivity index is 1.85. The summed E-state index contributed by atoms with van der Waals surface area (Å²) < 4.78 is 6.39. The molecule has 28 heavy (non-hydrogen) atoms. The van der Waals surface area contributed by atoms with Crippen molar-refractivity contribution in [1.82, 2.24) is 9.47 Å². The molecule has 1 aromatic carbocycles. The second kappa shape index (κ2) is 9.32. The summed E-state index contributed by atoms with van der Waals surface area (Å²) in [4.78, 5) is 49.0. The standard InChI is InChI=1S/C19H23N3O5S/c1-12-5-7-15(8-6-12)20-16(23)9-21(4)18(25)14(3)27-17(24)10-22-13(2)11-28-19(22)26/h5-8,11,14H,9-10H2,1-4H3,(H,20,23)/t14-/m0/s1. The van der Waals surface area contributed by atoms with E-state index in [1.807, 2.05) is 19.1 Å². The van der Waals surface area contributed by atoms with Gasteiger partial charge in [0.05, 0.1) is 6.54 Å². The molecule has 1 heterocycles. The normalized spacial score (nSPS) is 11.6. The number of nitrogens with one attached hydrogen (secondary N) is 1. The molecule has 0 saturated heterocycles. The van der Waals surface area contributed by atoms with Crippen LogP contribution in [0.3, 0.4) is 0 Å². The minimum absolute atomic E-state index is 0.183. The number of esters is 1. The lowest BCUT2D eigenvalue weighted by molar-refractivity contribution is -0.159. The van der Waals surface area contributed by atoms with Gasteiger partial charge in [-0.25, -0.2) is 0 Å². The highest BCUT2D eigenvalue weighted by molar-refractivity contribution is 7.07. The number of aromatic nitrogens is 1. The molecule has 0 aliphatic rings. The van der Waals surface area contributed by atoms with E-state index >= 15 is 0 Å². The molecule has 2 aromatic rings. The smallest absolute Gasteiger partial charge is 0.326 e. The Kier molecular flexibility index (Phi) is 7.11. The Bertz CT molecular complexity index is 916. The van der Waals surface area contributed by atoms with Crippen LogP contribution < -0.4 is 10.2 Å². The Morgan fingerprint density at radius 1 is 1.21 bits per heavy atom. The molecule has 0 aliphatic heterocycles. The van der Waals surface area contributed by atoms with E-state index in [1.54, 1.807) is 24.4 Å². The van der Waals surface area contributed by atoms with Crippen LogP contribution in [0.25, 0.3) is 0 Å². The molecule has 0 bridgehead atoms. The summed E-state index contributed by atoms with van der Waals surface area (Å²) in [5.74, 6) is -1.57. The lowest BCUT2D eigenvalue weighted by atomic mass is 10.2. The molecule has 1 aromatic heterocycles. The first kappa shape index (κ1) is 21.4. The number of rotatable bonds is 7. The molecule has 9 heteroatoms. The predicted octanol–water partition coefficient (Wildman–Crippen LogP) is 1.56. The SMILES string of the molecule is Cc1ccc(NC(=O)CN(C)C(=O)[C@H](C)OC(=O)Cn2c(C)csc2=O)cc1. The second-order valence-electron chi connectivity index (χ2n) is 6.47. The van der Waals surface area contributed by atoms with Gasteiger partial charge in [0.25, 0.3) is 5.91 Å². The van der Waals surface area contributed by atoms with Crippen molar-refractivity contribution in [2.24, 2.45) is 0 Å². The fraction of sp³-hybridized carbons (Fsp3) is 0.368. The number of carbonyl (C=O) groups is 3. The van der Waals surface area contributed by atoms with Gasteiger partial charge in [0, 0.05) is 23.8 Å². The molecule has 1 N–H and O–H groups in total. The molecular formula is C19H23N3O5S. The van der Waals surface area contributed by atoms with Crippen molar-refractivity contribution in [2.75, 3.05) is 18.9 Å². The summed E-state index contributed by atoms with van der Waals surface area (Å²) in [6.07, 6.45) is -1.07. The highest BCUT2D eigenvalue weighted by Gasteiger charge is 2.23. The number of thiazole rings is 1. The Labute approximate surface area is 166 Å². The van der Waals surface area contributed by atoms with Gasteiger partial charge in [0.2, 0.25) is 5.91 Å². The Hall–Kier alpha value is -2.94. The van der Waals surface area contributed by atoms with E-state index in [4.69, 9.17) is 4.74 Å². The van der Waals surface area contributed by atoms with Crippen molar-refractivity contribution in [1.29, 1.82) is 0 Å². The van der Waals surface area contributed by atoms with Gasteiger partial charge >= 0.3 is 10.8 Å². The summed E-state index contributed by atoms with van der Waals surface area (Å²) in [6.45, 7) is 4.63. The predicted molar refractivity (Wildman–Crippen MR) is 106 cm³/mol. The van der Waals surface area contributed by atoms with Crippen LogP contribution in [0.2, 0.25) is 0 Å². The largest absolute Gasteiger partial charge is 0.451 e. The number of nitrogens with zero attached hydrogens (tertiary/aromatic N) is 2. The quantitative estimate of drug-likeness (QED) is 0.705. The van der Waals surface area contributed by atoms with Crippen molar-refractivity contribution in [3.05, 3.63) is 50.6 Å². The molecule has 0 saturated carbocycles. The summed E-state index contributed by atoms with van der Waals surface area (Å²) in [5.41, 5.74) is 2.35. The molecule has 0 radical (unpaired) electrons. The van der Waals surface area contributed by atoms with Gasteiger partial charge in [0.15, 0.2) is 6.10 Å². The fourth-order valence-corrected chi connectivity index (χ4v) is 3.19. The third-order valence-corrected chi connectivity index (χ3v) is 4.89. The zero-order valence-electron chi connectivity index (χ0n) is 16.2. The van der Waals surface area contributed by atoms with E-state index in [0.29, 0.717) is 11.4 Å². The van der Waals surface area contributed by atoms with Gasteiger partial charge in [-0.05, 0) is 32.9 Å². The highest BCUT2D eigenvalue weighted by atomic mass is 32.1. The van der Waals surface area contributed by atoms with Gasteiger partial charge < -0.3 is 15.0 Å². The third kappa shape index (κ3) is 5.78. The fourth-order valence-electron chi connectivity index (χ4n) is 2.45. The van der Waals surface area contributed by atoms with Crippen LogP contribution in [0, 0.1) is 13.8 Å². The van der Waals surface area contributed by atoms with Crippen LogP contribution in [0.15, 0.2) is 34.4 Å². The van der Waals surface area contributed by atoms with Crippen LogP contribution in [-0.4, -0.2) is 46.9 Å². The zero-order chi connectivity index (χ0) is 20.8. The number of ether oxygens (including phenoxy) is 1. The number of likely N-dealkylation sites (N-methyl/N-ethyl adjacent to an activating group) is 1. The second-order valence-corrected chi connectivity index (χ2v) is 7.29.